The van der Waals surface area contributed by atoms with Gasteiger partial charge in [-0.25, -0.2) is 4.79 Å². The molecule has 0 aromatic carbocycles. The van der Waals surface area contributed by atoms with Crippen LogP contribution in [0.15, 0.2) is 12.7 Å². The summed E-state index contributed by atoms with van der Waals surface area (Å²) in [7, 11) is 0. The number of rotatable bonds is 3. The largest absolute Gasteiger partial charge is 0.461 e. The van der Waals surface area contributed by atoms with Gasteiger partial charge in [-0.05, 0) is 6.92 Å². The first-order valence-corrected chi connectivity index (χ1v) is 5.78. The molecule has 68 valence electrons. The van der Waals surface area contributed by atoms with Crippen molar-refractivity contribution < 1.29 is 9.53 Å². The molecule has 0 saturated carbocycles. The molecule has 1 saturated heterocycles. The highest BCUT2D eigenvalue weighted by molar-refractivity contribution is 8.20. The van der Waals surface area contributed by atoms with Gasteiger partial charge in [-0.2, -0.15) is 0 Å². The molecule has 0 aliphatic carbocycles. The predicted octanol–water partition coefficient (Wildman–Crippen LogP) is 1.91. The number of hydrogen-bond donors (Lipinski definition) is 0. The smallest absolute Gasteiger partial charge is 0.330 e. The van der Waals surface area contributed by atoms with Crippen molar-refractivity contribution in [1.82, 2.24) is 0 Å². The summed E-state index contributed by atoms with van der Waals surface area (Å²) in [5.74, 6) is 0.760. The van der Waals surface area contributed by atoms with E-state index in [1.165, 1.54) is 6.08 Å². The van der Waals surface area contributed by atoms with Crippen molar-refractivity contribution in [1.29, 1.82) is 0 Å². The van der Waals surface area contributed by atoms with Gasteiger partial charge in [0.15, 0.2) is 0 Å². The topological polar surface area (TPSA) is 26.3 Å². The first kappa shape index (κ1) is 9.99. The second-order valence-corrected chi connectivity index (χ2v) is 5.81. The van der Waals surface area contributed by atoms with Gasteiger partial charge in [0.1, 0.15) is 6.61 Å². The molecule has 0 bridgehead atoms. The zero-order valence-electron chi connectivity index (χ0n) is 6.99. The average Bonchev–Trinajstić information content (AvgIpc) is 2.47. The van der Waals surface area contributed by atoms with E-state index >= 15 is 0 Å². The molecule has 0 aromatic rings. The van der Waals surface area contributed by atoms with Crippen molar-refractivity contribution in [3.8, 4) is 0 Å². The SMILES string of the molecule is C=CC(=O)OCC1CSC(C)S1. The number of hydrogen-bond acceptors (Lipinski definition) is 4. The van der Waals surface area contributed by atoms with Crippen molar-refractivity contribution in [3.05, 3.63) is 12.7 Å². The Hall–Kier alpha value is -0.0900. The Bertz CT molecular complexity index is 182. The Labute approximate surface area is 81.1 Å². The molecule has 1 heterocycles. The van der Waals surface area contributed by atoms with Gasteiger partial charge in [-0.15, -0.1) is 23.5 Å². The number of carbonyl (C=O) groups is 1. The number of ether oxygens (including phenoxy) is 1. The number of esters is 1. The molecule has 1 fully saturated rings. The quantitative estimate of drug-likeness (QED) is 0.518. The van der Waals surface area contributed by atoms with E-state index in [0.717, 1.165) is 5.75 Å². The highest BCUT2D eigenvalue weighted by Crippen LogP contribution is 2.37. The van der Waals surface area contributed by atoms with E-state index in [0.29, 0.717) is 16.4 Å². The third-order valence-electron chi connectivity index (χ3n) is 1.48. The van der Waals surface area contributed by atoms with Crippen LogP contribution in [0.25, 0.3) is 0 Å². The fourth-order valence-electron chi connectivity index (χ4n) is 0.914. The van der Waals surface area contributed by atoms with Gasteiger partial charge >= 0.3 is 5.97 Å². The minimum Gasteiger partial charge on any atom is -0.461 e. The van der Waals surface area contributed by atoms with Gasteiger partial charge in [0.05, 0.1) is 0 Å². The molecule has 1 aliphatic rings. The van der Waals surface area contributed by atoms with Crippen LogP contribution >= 0.6 is 23.5 Å². The molecule has 0 N–H and O–H groups in total. The molecule has 12 heavy (non-hydrogen) atoms. The van der Waals surface area contributed by atoms with E-state index < -0.39 is 0 Å². The lowest BCUT2D eigenvalue weighted by Gasteiger charge is -2.07. The van der Waals surface area contributed by atoms with Crippen LogP contribution in [0, 0.1) is 0 Å². The van der Waals surface area contributed by atoms with Gasteiger partial charge in [0, 0.05) is 21.7 Å². The van der Waals surface area contributed by atoms with Crippen LogP contribution in [0.4, 0.5) is 0 Å². The number of carbonyl (C=O) groups excluding carboxylic acids is 1. The molecule has 2 unspecified atom stereocenters. The molecule has 2 atom stereocenters. The Kier molecular flexibility index (Phi) is 4.01. The summed E-state index contributed by atoms with van der Waals surface area (Å²) in [6, 6.07) is 0. The Morgan fingerprint density at radius 3 is 3.08 bits per heavy atom. The summed E-state index contributed by atoms with van der Waals surface area (Å²) in [5.41, 5.74) is 0. The molecular formula is C8H12O2S2. The molecule has 1 rings (SSSR count). The lowest BCUT2D eigenvalue weighted by atomic mass is 10.5. The zero-order chi connectivity index (χ0) is 8.97. The zero-order valence-corrected chi connectivity index (χ0v) is 8.62. The van der Waals surface area contributed by atoms with Crippen molar-refractivity contribution >= 4 is 29.5 Å². The summed E-state index contributed by atoms with van der Waals surface area (Å²) in [4.78, 5) is 10.7. The van der Waals surface area contributed by atoms with Crippen LogP contribution in [0.5, 0.6) is 0 Å². The van der Waals surface area contributed by atoms with Crippen molar-refractivity contribution in [2.75, 3.05) is 12.4 Å². The van der Waals surface area contributed by atoms with E-state index in [4.69, 9.17) is 4.74 Å². The third kappa shape index (κ3) is 3.11. The summed E-state index contributed by atoms with van der Waals surface area (Å²) in [5, 5.41) is 0.467. The van der Waals surface area contributed by atoms with E-state index in [1.54, 1.807) is 0 Å². The lowest BCUT2D eigenvalue weighted by Crippen LogP contribution is -2.14. The second kappa shape index (κ2) is 4.82. The van der Waals surface area contributed by atoms with Crippen LogP contribution in [-0.4, -0.2) is 28.2 Å². The van der Waals surface area contributed by atoms with Crippen LogP contribution < -0.4 is 0 Å². The normalized spacial score (nSPS) is 28.4. The van der Waals surface area contributed by atoms with Gasteiger partial charge < -0.3 is 4.74 Å². The molecule has 4 heteroatoms. The van der Waals surface area contributed by atoms with E-state index in [1.807, 2.05) is 23.5 Å². The fraction of sp³-hybridized carbons (Fsp3) is 0.625. The Morgan fingerprint density at radius 2 is 2.58 bits per heavy atom. The summed E-state index contributed by atoms with van der Waals surface area (Å²) in [6.07, 6.45) is 1.20. The number of thioether (sulfide) groups is 2. The Balaban J connectivity index is 2.15. The van der Waals surface area contributed by atoms with Crippen LogP contribution in [0.1, 0.15) is 6.92 Å². The minimum atomic E-state index is -0.319. The van der Waals surface area contributed by atoms with E-state index in [-0.39, 0.29) is 5.97 Å². The summed E-state index contributed by atoms with van der Waals surface area (Å²) < 4.78 is 5.57. The summed E-state index contributed by atoms with van der Waals surface area (Å²) in [6.45, 7) is 6.03. The molecule has 0 aromatic heterocycles. The van der Waals surface area contributed by atoms with Crippen LogP contribution in [0.2, 0.25) is 0 Å². The van der Waals surface area contributed by atoms with Crippen molar-refractivity contribution in [2.45, 2.75) is 16.8 Å². The monoisotopic (exact) mass is 204 g/mol. The average molecular weight is 204 g/mol. The van der Waals surface area contributed by atoms with E-state index in [9.17, 15) is 4.79 Å². The molecule has 0 spiro atoms. The highest BCUT2D eigenvalue weighted by Gasteiger charge is 2.23. The maximum Gasteiger partial charge on any atom is 0.330 e. The molecule has 2 nitrogen and oxygen atoms in total. The molecule has 0 radical (unpaired) electrons. The predicted molar refractivity (Wildman–Crippen MR) is 54.5 cm³/mol. The lowest BCUT2D eigenvalue weighted by molar-refractivity contribution is -0.137. The van der Waals surface area contributed by atoms with Crippen molar-refractivity contribution in [3.63, 3.8) is 0 Å². The van der Waals surface area contributed by atoms with Crippen LogP contribution in [0.3, 0.4) is 0 Å². The first-order chi connectivity index (χ1) is 5.72. The fourth-order valence-corrected chi connectivity index (χ4v) is 3.76. The second-order valence-electron chi connectivity index (χ2n) is 2.49. The van der Waals surface area contributed by atoms with Gasteiger partial charge in [0.2, 0.25) is 0 Å². The molecule has 1 aliphatic heterocycles. The standard InChI is InChI=1S/C8H12O2S2/c1-3-8(9)10-4-7-5-11-6(2)12-7/h3,6-7H,1,4-5H2,2H3. The minimum absolute atomic E-state index is 0.319. The maximum atomic E-state index is 10.7. The van der Waals surface area contributed by atoms with Gasteiger partial charge in [-0.1, -0.05) is 6.58 Å². The molecule has 0 amide bonds. The van der Waals surface area contributed by atoms with Crippen LogP contribution in [-0.2, 0) is 9.53 Å². The maximum absolute atomic E-state index is 10.7. The third-order valence-corrected chi connectivity index (χ3v) is 4.57. The van der Waals surface area contributed by atoms with Gasteiger partial charge in [-0.3, -0.25) is 0 Å². The first-order valence-electron chi connectivity index (χ1n) is 3.78. The molecular weight excluding hydrogens is 192 g/mol. The van der Waals surface area contributed by atoms with Crippen molar-refractivity contribution in [2.24, 2.45) is 0 Å². The van der Waals surface area contributed by atoms with Gasteiger partial charge in [0.25, 0.3) is 0 Å². The Morgan fingerprint density at radius 1 is 1.83 bits per heavy atom. The van der Waals surface area contributed by atoms with E-state index in [2.05, 4.69) is 13.5 Å². The highest BCUT2D eigenvalue weighted by atomic mass is 32.2. The summed E-state index contributed by atoms with van der Waals surface area (Å²) >= 11 is 3.78.